The zero-order chi connectivity index (χ0) is 31.6. The van der Waals surface area contributed by atoms with Gasteiger partial charge in [-0.2, -0.15) is 0 Å². The number of rotatable bonds is 4. The van der Waals surface area contributed by atoms with Crippen molar-refractivity contribution in [2.24, 2.45) is 0 Å². The van der Waals surface area contributed by atoms with Crippen LogP contribution in [-0.4, -0.2) is 22.2 Å². The molecule has 0 saturated carbocycles. The average Bonchev–Trinajstić information content (AvgIpc) is 3.05. The summed E-state index contributed by atoms with van der Waals surface area (Å²) in [6, 6.07) is 38.2. The lowest BCUT2D eigenvalue weighted by molar-refractivity contribution is 0.0685. The van der Waals surface area contributed by atoms with Crippen molar-refractivity contribution in [1.82, 2.24) is 0 Å². The monoisotopic (exact) mass is 584 g/mol. The molecule has 0 aliphatic heterocycles. The first-order valence-corrected chi connectivity index (χ1v) is 14.5. The summed E-state index contributed by atoms with van der Waals surface area (Å²) in [5, 5.41) is 24.1. The molecular formula is C41H28O4. The molecular weight excluding hydrogens is 556 g/mol. The van der Waals surface area contributed by atoms with Gasteiger partial charge in [0.25, 0.3) is 0 Å². The number of carbonyl (C=O) groups is 2. The van der Waals surface area contributed by atoms with Crippen LogP contribution in [0.4, 0.5) is 0 Å². The second-order valence-electron chi connectivity index (χ2n) is 11.4. The Morgan fingerprint density at radius 3 is 1.29 bits per heavy atom. The van der Waals surface area contributed by atoms with E-state index in [9.17, 15) is 19.8 Å². The molecule has 0 unspecified atom stereocenters. The van der Waals surface area contributed by atoms with E-state index in [0.717, 1.165) is 43.8 Å². The highest BCUT2D eigenvalue weighted by molar-refractivity contribution is 5.92. The number of aromatic carboxylic acids is 2. The Labute approximate surface area is 261 Å². The van der Waals surface area contributed by atoms with Crippen LogP contribution in [0.25, 0.3) is 21.5 Å². The zero-order valence-corrected chi connectivity index (χ0v) is 24.8. The van der Waals surface area contributed by atoms with Crippen LogP contribution in [0.15, 0.2) is 121 Å². The van der Waals surface area contributed by atoms with Gasteiger partial charge in [0.05, 0.1) is 11.1 Å². The molecule has 45 heavy (non-hydrogen) atoms. The summed E-state index contributed by atoms with van der Waals surface area (Å²) in [4.78, 5) is 24.2. The Morgan fingerprint density at radius 2 is 0.889 bits per heavy atom. The number of carboxylic acids is 2. The van der Waals surface area contributed by atoms with Crippen LogP contribution in [0.2, 0.25) is 0 Å². The highest BCUT2D eigenvalue weighted by Gasteiger charge is 2.26. The molecule has 0 bridgehead atoms. The molecule has 6 aromatic carbocycles. The third-order valence-corrected chi connectivity index (χ3v) is 8.13. The van der Waals surface area contributed by atoms with Gasteiger partial charge in [-0.05, 0) is 81.2 Å². The molecule has 0 radical (unpaired) electrons. The van der Waals surface area contributed by atoms with Crippen LogP contribution in [-0.2, 0) is 5.41 Å². The molecule has 0 aliphatic rings. The molecule has 2 N–H and O–H groups in total. The fourth-order valence-electron chi connectivity index (χ4n) is 5.43. The average molecular weight is 585 g/mol. The van der Waals surface area contributed by atoms with Gasteiger partial charge < -0.3 is 10.2 Å². The standard InChI is InChI=1S/C41H28O4/c1-41(2,35-19-21-37(39(42)43)33(25-35)17-13-27-11-15-29-7-3-5-9-31(29)23-27)36-20-22-38(40(44)45)34(26-36)18-14-28-12-16-30-8-4-6-10-32(30)24-28/h3-12,15-16,19-26H,1-2H3,(H,42,43)(H,44,45). The van der Waals surface area contributed by atoms with E-state index in [0.29, 0.717) is 11.1 Å². The van der Waals surface area contributed by atoms with Crippen molar-refractivity contribution in [3.05, 3.63) is 166 Å². The summed E-state index contributed by atoms with van der Waals surface area (Å²) in [5.41, 5.74) is 3.67. The minimum Gasteiger partial charge on any atom is -0.478 e. The van der Waals surface area contributed by atoms with Gasteiger partial charge in [0.2, 0.25) is 0 Å². The maximum atomic E-state index is 12.1. The third-order valence-electron chi connectivity index (χ3n) is 8.13. The Hall–Kier alpha value is -6.10. The molecule has 4 nitrogen and oxygen atoms in total. The minimum absolute atomic E-state index is 0.117. The molecule has 0 aliphatic carbocycles. The van der Waals surface area contributed by atoms with E-state index in [1.165, 1.54) is 0 Å². The van der Waals surface area contributed by atoms with Crippen LogP contribution in [0.3, 0.4) is 0 Å². The lowest BCUT2D eigenvalue weighted by Gasteiger charge is -2.27. The van der Waals surface area contributed by atoms with Crippen LogP contribution in [0.5, 0.6) is 0 Å². The molecule has 0 spiro atoms. The Morgan fingerprint density at radius 1 is 0.489 bits per heavy atom. The van der Waals surface area contributed by atoms with Gasteiger partial charge in [-0.3, -0.25) is 0 Å². The van der Waals surface area contributed by atoms with Crippen LogP contribution in [0, 0.1) is 23.7 Å². The molecule has 0 fully saturated rings. The van der Waals surface area contributed by atoms with Gasteiger partial charge in [-0.1, -0.05) is 110 Å². The Bertz CT molecular complexity index is 2110. The normalized spacial score (nSPS) is 10.9. The number of fused-ring (bicyclic) bond motifs is 2. The summed E-state index contributed by atoms with van der Waals surface area (Å²) in [7, 11) is 0. The summed E-state index contributed by atoms with van der Waals surface area (Å²) in [6.45, 7) is 4.03. The van der Waals surface area contributed by atoms with Gasteiger partial charge in [-0.15, -0.1) is 0 Å². The van der Waals surface area contributed by atoms with E-state index in [4.69, 9.17) is 0 Å². The summed E-state index contributed by atoms with van der Waals surface area (Å²) < 4.78 is 0. The molecule has 6 aromatic rings. The summed E-state index contributed by atoms with van der Waals surface area (Å²) in [6.07, 6.45) is 0. The van der Waals surface area contributed by atoms with E-state index >= 15 is 0 Å². The smallest absolute Gasteiger partial charge is 0.336 e. The summed E-state index contributed by atoms with van der Waals surface area (Å²) in [5.74, 6) is 10.4. The molecule has 0 saturated heterocycles. The molecule has 216 valence electrons. The maximum absolute atomic E-state index is 12.1. The van der Waals surface area contributed by atoms with E-state index in [1.807, 2.05) is 111 Å². The maximum Gasteiger partial charge on any atom is 0.336 e. The molecule has 0 amide bonds. The van der Waals surface area contributed by atoms with Gasteiger partial charge in [0.15, 0.2) is 0 Å². The van der Waals surface area contributed by atoms with Crippen molar-refractivity contribution in [3.8, 4) is 23.7 Å². The lowest BCUT2D eigenvalue weighted by Crippen LogP contribution is -2.20. The molecule has 0 aromatic heterocycles. The van der Waals surface area contributed by atoms with Gasteiger partial charge in [0, 0.05) is 27.7 Å². The fourth-order valence-corrected chi connectivity index (χ4v) is 5.43. The number of hydrogen-bond acceptors (Lipinski definition) is 2. The number of benzene rings is 6. The predicted molar refractivity (Wildman–Crippen MR) is 179 cm³/mol. The zero-order valence-electron chi connectivity index (χ0n) is 24.8. The van der Waals surface area contributed by atoms with Crippen molar-refractivity contribution >= 4 is 33.5 Å². The third kappa shape index (κ3) is 6.04. The minimum atomic E-state index is -1.06. The topological polar surface area (TPSA) is 74.6 Å². The van der Waals surface area contributed by atoms with Gasteiger partial charge in [-0.25, -0.2) is 9.59 Å². The molecule has 4 heteroatoms. The predicted octanol–water partition coefficient (Wildman–Crippen LogP) is 8.51. The highest BCUT2D eigenvalue weighted by Crippen LogP contribution is 2.34. The largest absolute Gasteiger partial charge is 0.478 e. The summed E-state index contributed by atoms with van der Waals surface area (Å²) >= 11 is 0. The van der Waals surface area contributed by atoms with Crippen molar-refractivity contribution < 1.29 is 19.8 Å². The Balaban J connectivity index is 1.38. The van der Waals surface area contributed by atoms with Gasteiger partial charge >= 0.3 is 11.9 Å². The SMILES string of the molecule is CC(C)(c1ccc(C(=O)O)c(C#Cc2ccc3ccccc3c2)c1)c1ccc(C(=O)O)c(C#Cc2ccc3ccccc3c2)c1. The van der Waals surface area contributed by atoms with E-state index in [-0.39, 0.29) is 11.1 Å². The fraction of sp³-hybridized carbons (Fsp3) is 0.0732. The Kier molecular flexibility index (Phi) is 7.66. The number of carboxylic acid groups (broad SMARTS) is 2. The second-order valence-corrected chi connectivity index (χ2v) is 11.4. The first-order chi connectivity index (χ1) is 21.7. The molecule has 0 heterocycles. The van der Waals surface area contributed by atoms with Crippen LogP contribution in [0.1, 0.15) is 67.9 Å². The van der Waals surface area contributed by atoms with Crippen molar-refractivity contribution in [2.75, 3.05) is 0 Å². The van der Waals surface area contributed by atoms with Crippen molar-refractivity contribution in [3.63, 3.8) is 0 Å². The quantitative estimate of drug-likeness (QED) is 0.204. The second kappa shape index (κ2) is 11.9. The molecule has 6 rings (SSSR count). The van der Waals surface area contributed by atoms with E-state index in [2.05, 4.69) is 23.7 Å². The number of hydrogen-bond donors (Lipinski definition) is 2. The van der Waals surface area contributed by atoms with Gasteiger partial charge in [0.1, 0.15) is 0 Å². The van der Waals surface area contributed by atoms with Crippen molar-refractivity contribution in [2.45, 2.75) is 19.3 Å². The molecule has 0 atom stereocenters. The van der Waals surface area contributed by atoms with Crippen LogP contribution >= 0.6 is 0 Å². The lowest BCUT2D eigenvalue weighted by atomic mass is 9.76. The first-order valence-electron chi connectivity index (χ1n) is 14.5. The van der Waals surface area contributed by atoms with Crippen LogP contribution < -0.4 is 0 Å². The highest BCUT2D eigenvalue weighted by atomic mass is 16.4. The van der Waals surface area contributed by atoms with E-state index in [1.54, 1.807) is 24.3 Å². The first kappa shape index (κ1) is 29.0. The van der Waals surface area contributed by atoms with E-state index < -0.39 is 17.4 Å². The van der Waals surface area contributed by atoms with Crippen molar-refractivity contribution in [1.29, 1.82) is 0 Å².